The highest BCUT2D eigenvalue weighted by atomic mass is 16.2. The molecule has 0 aliphatic carbocycles. The van der Waals surface area contributed by atoms with Crippen molar-refractivity contribution in [3.05, 3.63) is 29.3 Å². The summed E-state index contributed by atoms with van der Waals surface area (Å²) < 4.78 is 0. The number of nitrogens with one attached hydrogen (secondary N) is 1. The summed E-state index contributed by atoms with van der Waals surface area (Å²) in [4.78, 5) is 27.4. The number of hydrogen-bond acceptors (Lipinski definition) is 3. The van der Waals surface area contributed by atoms with Gasteiger partial charge >= 0.3 is 0 Å². The zero-order valence-corrected chi connectivity index (χ0v) is 12.4. The van der Waals surface area contributed by atoms with Crippen LogP contribution in [-0.2, 0) is 4.79 Å². The van der Waals surface area contributed by atoms with E-state index in [1.54, 1.807) is 6.07 Å². The third-order valence-electron chi connectivity index (χ3n) is 3.68. The normalized spacial score (nSPS) is 15.2. The van der Waals surface area contributed by atoms with Crippen LogP contribution in [0.4, 0.5) is 5.69 Å². The topological polar surface area (TPSA) is 52.7 Å². The number of rotatable bonds is 3. The molecule has 5 heteroatoms. The lowest BCUT2D eigenvalue weighted by molar-refractivity contribution is -0.114. The van der Waals surface area contributed by atoms with Crippen molar-refractivity contribution in [3.8, 4) is 0 Å². The maximum atomic E-state index is 12.3. The Balaban J connectivity index is 2.09. The molecule has 0 bridgehead atoms. The second kappa shape index (κ2) is 5.63. The first kappa shape index (κ1) is 14.5. The molecule has 1 aromatic rings. The molecule has 0 radical (unpaired) electrons. The summed E-state index contributed by atoms with van der Waals surface area (Å²) in [6, 6.07) is 5.87. The minimum Gasteiger partial charge on any atom is -0.335 e. The van der Waals surface area contributed by atoms with Crippen molar-refractivity contribution in [3.63, 3.8) is 0 Å². The first-order chi connectivity index (χ1) is 9.38. The third-order valence-corrected chi connectivity index (χ3v) is 3.68. The standard InChI is InChI=1S/C15H21N3O2/c1-10-5-6-12(7-14(10)16-11(2)19)15(20)18-8-13(9-18)17(3)4/h5-7,13H,8-9H2,1-4H3,(H,16,19). The number of likely N-dealkylation sites (N-methyl/N-ethyl adjacent to an activating group) is 1. The van der Waals surface area contributed by atoms with E-state index in [0.29, 0.717) is 17.3 Å². The molecule has 0 saturated carbocycles. The van der Waals surface area contributed by atoms with Gasteiger partial charge in [0.1, 0.15) is 0 Å². The number of benzene rings is 1. The number of hydrogen-bond donors (Lipinski definition) is 1. The second-order valence-electron chi connectivity index (χ2n) is 5.54. The van der Waals surface area contributed by atoms with Crippen LogP contribution in [-0.4, -0.2) is 54.8 Å². The number of likely N-dealkylation sites (tertiary alicyclic amines) is 1. The van der Waals surface area contributed by atoms with Gasteiger partial charge in [-0.05, 0) is 38.7 Å². The molecule has 0 atom stereocenters. The van der Waals surface area contributed by atoms with Crippen molar-refractivity contribution in [2.45, 2.75) is 19.9 Å². The predicted octanol–water partition coefficient (Wildman–Crippen LogP) is 1.34. The molecule has 5 nitrogen and oxygen atoms in total. The van der Waals surface area contributed by atoms with Gasteiger partial charge in [-0.25, -0.2) is 0 Å². The zero-order valence-electron chi connectivity index (χ0n) is 12.4. The van der Waals surface area contributed by atoms with Gasteiger partial charge < -0.3 is 15.1 Å². The van der Waals surface area contributed by atoms with Gasteiger partial charge in [0.05, 0.1) is 0 Å². The Hall–Kier alpha value is -1.88. The Morgan fingerprint density at radius 1 is 1.30 bits per heavy atom. The third kappa shape index (κ3) is 2.99. The highest BCUT2D eigenvalue weighted by Crippen LogP contribution is 2.21. The summed E-state index contributed by atoms with van der Waals surface area (Å²) in [6.45, 7) is 4.89. The maximum absolute atomic E-state index is 12.3. The average Bonchev–Trinajstić information content (AvgIpc) is 2.28. The van der Waals surface area contributed by atoms with Crippen LogP contribution in [0.5, 0.6) is 0 Å². The van der Waals surface area contributed by atoms with Gasteiger partial charge in [-0.2, -0.15) is 0 Å². The fourth-order valence-corrected chi connectivity index (χ4v) is 2.21. The Bertz CT molecular complexity index is 534. The molecule has 0 spiro atoms. The zero-order chi connectivity index (χ0) is 14.9. The molecular formula is C15H21N3O2. The Kier molecular flexibility index (Phi) is 4.09. The van der Waals surface area contributed by atoms with E-state index >= 15 is 0 Å². The van der Waals surface area contributed by atoms with E-state index in [1.165, 1.54) is 6.92 Å². The smallest absolute Gasteiger partial charge is 0.254 e. The van der Waals surface area contributed by atoms with Crippen LogP contribution in [0.1, 0.15) is 22.8 Å². The molecule has 1 aliphatic heterocycles. The number of nitrogens with zero attached hydrogens (tertiary/aromatic N) is 2. The van der Waals surface area contributed by atoms with Crippen LogP contribution >= 0.6 is 0 Å². The number of aryl methyl sites for hydroxylation is 1. The average molecular weight is 275 g/mol. The lowest BCUT2D eigenvalue weighted by Crippen LogP contribution is -2.59. The van der Waals surface area contributed by atoms with E-state index in [2.05, 4.69) is 10.2 Å². The van der Waals surface area contributed by atoms with Crippen molar-refractivity contribution in [1.82, 2.24) is 9.80 Å². The maximum Gasteiger partial charge on any atom is 0.254 e. The lowest BCUT2D eigenvalue weighted by Gasteiger charge is -2.42. The van der Waals surface area contributed by atoms with Crippen molar-refractivity contribution in [2.75, 3.05) is 32.5 Å². The van der Waals surface area contributed by atoms with E-state index in [1.807, 2.05) is 38.1 Å². The monoisotopic (exact) mass is 275 g/mol. The quantitative estimate of drug-likeness (QED) is 0.905. The van der Waals surface area contributed by atoms with Crippen molar-refractivity contribution in [1.29, 1.82) is 0 Å². The SMILES string of the molecule is CC(=O)Nc1cc(C(=O)N2CC(N(C)C)C2)ccc1C. The minimum atomic E-state index is -0.130. The second-order valence-corrected chi connectivity index (χ2v) is 5.54. The minimum absolute atomic E-state index is 0.0229. The summed E-state index contributed by atoms with van der Waals surface area (Å²) in [5, 5.41) is 2.75. The van der Waals surface area contributed by atoms with E-state index in [0.717, 1.165) is 18.7 Å². The summed E-state index contributed by atoms with van der Waals surface area (Å²) in [6.07, 6.45) is 0. The summed E-state index contributed by atoms with van der Waals surface area (Å²) in [5.74, 6) is -0.107. The van der Waals surface area contributed by atoms with E-state index in [-0.39, 0.29) is 11.8 Å². The first-order valence-corrected chi connectivity index (χ1v) is 6.72. The molecule has 1 aliphatic rings. The lowest BCUT2D eigenvalue weighted by atomic mass is 10.0. The molecule has 2 amide bonds. The van der Waals surface area contributed by atoms with Crippen LogP contribution in [0.2, 0.25) is 0 Å². The van der Waals surface area contributed by atoms with Gasteiger partial charge in [0, 0.05) is 37.3 Å². The predicted molar refractivity (Wildman–Crippen MR) is 78.9 cm³/mol. The van der Waals surface area contributed by atoms with Gasteiger partial charge in [0.15, 0.2) is 0 Å². The van der Waals surface area contributed by atoms with Gasteiger partial charge in [-0.15, -0.1) is 0 Å². The molecular weight excluding hydrogens is 254 g/mol. The molecule has 20 heavy (non-hydrogen) atoms. The van der Waals surface area contributed by atoms with Gasteiger partial charge in [0.25, 0.3) is 5.91 Å². The molecule has 1 N–H and O–H groups in total. The highest BCUT2D eigenvalue weighted by Gasteiger charge is 2.32. The molecule has 0 aromatic heterocycles. The van der Waals surface area contributed by atoms with Crippen molar-refractivity contribution >= 4 is 17.5 Å². The summed E-state index contributed by atoms with van der Waals surface area (Å²) >= 11 is 0. The van der Waals surface area contributed by atoms with Crippen molar-refractivity contribution < 1.29 is 9.59 Å². The fourth-order valence-electron chi connectivity index (χ4n) is 2.21. The van der Waals surface area contributed by atoms with Crippen LogP contribution in [0.25, 0.3) is 0 Å². The summed E-state index contributed by atoms with van der Waals surface area (Å²) in [5.41, 5.74) is 2.27. The highest BCUT2D eigenvalue weighted by molar-refractivity contribution is 5.97. The molecule has 1 fully saturated rings. The van der Waals surface area contributed by atoms with Gasteiger partial charge in [-0.1, -0.05) is 6.07 Å². The molecule has 2 rings (SSSR count). The molecule has 1 aromatic carbocycles. The molecule has 1 heterocycles. The van der Waals surface area contributed by atoms with E-state index < -0.39 is 0 Å². The largest absolute Gasteiger partial charge is 0.335 e. The van der Waals surface area contributed by atoms with Crippen LogP contribution in [0.3, 0.4) is 0 Å². The van der Waals surface area contributed by atoms with Crippen molar-refractivity contribution in [2.24, 2.45) is 0 Å². The first-order valence-electron chi connectivity index (χ1n) is 6.72. The Labute approximate surface area is 119 Å². The van der Waals surface area contributed by atoms with Gasteiger partial charge in [0.2, 0.25) is 5.91 Å². The van der Waals surface area contributed by atoms with Gasteiger partial charge in [-0.3, -0.25) is 9.59 Å². The number of carbonyl (C=O) groups is 2. The van der Waals surface area contributed by atoms with Crippen LogP contribution < -0.4 is 5.32 Å². The number of anilines is 1. The summed E-state index contributed by atoms with van der Waals surface area (Å²) in [7, 11) is 4.04. The number of amides is 2. The molecule has 0 unspecified atom stereocenters. The Morgan fingerprint density at radius 2 is 1.95 bits per heavy atom. The molecule has 1 saturated heterocycles. The fraction of sp³-hybridized carbons (Fsp3) is 0.467. The van der Waals surface area contributed by atoms with Crippen LogP contribution in [0, 0.1) is 6.92 Å². The van der Waals surface area contributed by atoms with E-state index in [4.69, 9.17) is 0 Å². The molecule has 108 valence electrons. The van der Waals surface area contributed by atoms with E-state index in [9.17, 15) is 9.59 Å². The number of carbonyl (C=O) groups excluding carboxylic acids is 2. The van der Waals surface area contributed by atoms with Crippen LogP contribution in [0.15, 0.2) is 18.2 Å². The Morgan fingerprint density at radius 3 is 2.50 bits per heavy atom.